The van der Waals surface area contributed by atoms with Crippen molar-refractivity contribution in [2.75, 3.05) is 27.8 Å². The van der Waals surface area contributed by atoms with Crippen LogP contribution in [0.2, 0.25) is 0 Å². The average molecular weight is 565 g/mol. The van der Waals surface area contributed by atoms with Crippen molar-refractivity contribution < 1.29 is 14.3 Å². The summed E-state index contributed by atoms with van der Waals surface area (Å²) in [7, 11) is 5.22. The molecule has 2 heterocycles. The minimum absolute atomic E-state index is 0.00950. The van der Waals surface area contributed by atoms with E-state index in [1.165, 1.54) is 12.8 Å². The van der Waals surface area contributed by atoms with Gasteiger partial charge in [-0.3, -0.25) is 14.3 Å². The number of hydrogen-bond donors (Lipinski definition) is 4. The van der Waals surface area contributed by atoms with Crippen molar-refractivity contribution in [3.8, 4) is 17.0 Å². The van der Waals surface area contributed by atoms with Crippen molar-refractivity contribution in [3.05, 3.63) is 77.5 Å². The van der Waals surface area contributed by atoms with E-state index in [1.807, 2.05) is 61.5 Å². The molecule has 3 fully saturated rings. The van der Waals surface area contributed by atoms with Crippen molar-refractivity contribution in [3.63, 3.8) is 0 Å². The molecule has 1 saturated heterocycles. The zero-order chi connectivity index (χ0) is 28.5. The van der Waals surface area contributed by atoms with Crippen molar-refractivity contribution in [1.82, 2.24) is 20.3 Å². The number of hydrogen-bond acceptors (Lipinski definition) is 7. The number of ether oxygens (including phenoxy) is 2. The lowest BCUT2D eigenvalue weighted by Crippen LogP contribution is -2.48. The van der Waals surface area contributed by atoms with Crippen LogP contribution >= 0.6 is 11.9 Å². The molecule has 1 aliphatic heterocycles. The Balaban J connectivity index is 0.000000156. The Labute approximate surface area is 240 Å². The minimum atomic E-state index is -0.469. The van der Waals surface area contributed by atoms with Gasteiger partial charge in [-0.1, -0.05) is 48.4 Å². The van der Waals surface area contributed by atoms with E-state index in [1.54, 1.807) is 32.4 Å². The Bertz CT molecular complexity index is 1340. The van der Waals surface area contributed by atoms with Gasteiger partial charge in [0.2, 0.25) is 5.91 Å². The molecule has 4 N–H and O–H groups in total. The number of nitrogens with one attached hydrogen (secondary N) is 4. The highest BCUT2D eigenvalue weighted by atomic mass is 32.2. The third-order valence-electron chi connectivity index (χ3n) is 7.25. The van der Waals surface area contributed by atoms with Gasteiger partial charge >= 0.3 is 0 Å². The number of carbonyl (C=O) groups excluding carboxylic acids is 1. The summed E-state index contributed by atoms with van der Waals surface area (Å²) in [6.07, 6.45) is 7.52. The molecule has 2 aromatic carbocycles. The van der Waals surface area contributed by atoms with Crippen molar-refractivity contribution in [2.45, 2.75) is 49.1 Å². The first-order chi connectivity index (χ1) is 19.4. The Morgan fingerprint density at radius 3 is 2.45 bits per heavy atom. The molecule has 0 spiro atoms. The summed E-state index contributed by atoms with van der Waals surface area (Å²) in [5, 5.41) is 7.76. The molecule has 3 atom stereocenters. The van der Waals surface area contributed by atoms with E-state index in [4.69, 9.17) is 9.47 Å². The molecule has 3 aliphatic rings. The summed E-state index contributed by atoms with van der Waals surface area (Å²) < 4.78 is 13.6. The lowest BCUT2D eigenvalue weighted by Gasteiger charge is -2.19. The lowest BCUT2D eigenvalue weighted by molar-refractivity contribution is -0.127. The number of aromatic amines is 1. The quantitative estimate of drug-likeness (QED) is 0.180. The van der Waals surface area contributed by atoms with Gasteiger partial charge in [-0.25, -0.2) is 0 Å². The summed E-state index contributed by atoms with van der Waals surface area (Å²) in [4.78, 5) is 27.2. The largest absolute Gasteiger partial charge is 0.497 e. The maximum atomic E-state index is 12.1. The zero-order valence-electron chi connectivity index (χ0n) is 23.5. The highest BCUT2D eigenvalue weighted by Crippen LogP contribution is 2.44. The molecule has 214 valence electrons. The first-order valence-electron chi connectivity index (χ1n) is 13.7. The van der Waals surface area contributed by atoms with Gasteiger partial charge in [-0.05, 0) is 57.0 Å². The molecule has 2 saturated carbocycles. The Morgan fingerprint density at radius 1 is 1.12 bits per heavy atom. The Morgan fingerprint density at radius 2 is 1.90 bits per heavy atom. The van der Waals surface area contributed by atoms with Crippen LogP contribution in [-0.2, 0) is 9.53 Å². The van der Waals surface area contributed by atoms with Crippen LogP contribution in [-0.4, -0.2) is 55.7 Å². The average Bonchev–Trinajstić information content (AvgIpc) is 3.88. The molecule has 2 aliphatic carbocycles. The van der Waals surface area contributed by atoms with Gasteiger partial charge in [0.05, 0.1) is 18.7 Å². The van der Waals surface area contributed by atoms with Gasteiger partial charge in [0.25, 0.3) is 0 Å². The van der Waals surface area contributed by atoms with Crippen molar-refractivity contribution in [1.29, 1.82) is 0 Å². The van der Waals surface area contributed by atoms with Crippen LogP contribution in [0.15, 0.2) is 72.0 Å². The molecule has 0 bridgehead atoms. The summed E-state index contributed by atoms with van der Waals surface area (Å²) in [6.45, 7) is 4.66. The Hall–Kier alpha value is -3.11. The molecule has 6 rings (SSSR count). The minimum Gasteiger partial charge on any atom is -0.497 e. The summed E-state index contributed by atoms with van der Waals surface area (Å²) >= 11 is 1.85. The van der Waals surface area contributed by atoms with Gasteiger partial charge in [-0.15, -0.1) is 6.58 Å². The third kappa shape index (κ3) is 7.75. The summed E-state index contributed by atoms with van der Waals surface area (Å²) in [5.74, 6) is 1.04. The van der Waals surface area contributed by atoms with Crippen molar-refractivity contribution in [2.24, 2.45) is 5.92 Å². The van der Waals surface area contributed by atoms with Gasteiger partial charge in [0.1, 0.15) is 11.5 Å². The monoisotopic (exact) mass is 564 g/mol. The molecular weight excluding hydrogens is 524 g/mol. The number of H-pyrrole nitrogens is 1. The maximum absolute atomic E-state index is 12.1. The number of carbonyl (C=O) groups is 1. The summed E-state index contributed by atoms with van der Waals surface area (Å²) in [5.41, 5.74) is 2.12. The van der Waals surface area contributed by atoms with Crippen LogP contribution < -0.4 is 25.5 Å². The van der Waals surface area contributed by atoms with Crippen LogP contribution in [0.5, 0.6) is 5.75 Å². The number of rotatable bonds is 8. The highest BCUT2D eigenvalue weighted by molar-refractivity contribution is 7.98. The number of aromatic nitrogens is 1. The van der Waals surface area contributed by atoms with E-state index in [-0.39, 0.29) is 23.3 Å². The lowest BCUT2D eigenvalue weighted by atomic mass is 10.1. The molecule has 0 radical (unpaired) electrons. The first-order valence-corrected chi connectivity index (χ1v) is 14.6. The predicted molar refractivity (Wildman–Crippen MR) is 163 cm³/mol. The number of benzene rings is 2. The summed E-state index contributed by atoms with van der Waals surface area (Å²) in [6, 6.07) is 16.8. The SMILES string of the molecule is C=CC1CC1(NC(=O)C1CCCN1)OC.CNSC1CC1.COc1ccc2c(=O)cc(-c3ccccc3)[nH]c2c1. The number of amides is 1. The van der Waals surface area contributed by atoms with Crippen LogP contribution in [0.4, 0.5) is 0 Å². The first kappa shape index (κ1) is 29.9. The molecular formula is C31H40N4O4S. The standard InChI is InChI=1S/C16H13NO2.C11H18N2O2.C4H9NS/c1-19-12-7-8-13-15(9-12)17-14(10-16(13)18)11-5-3-2-4-6-11;1-3-8-7-11(8,15-2)13-10(14)9-5-4-6-12-9;1-5-6-4-2-3-4/h2-10H,1H3,(H,17,18);3,8-9,12H,1,4-7H2,2H3,(H,13,14);4-5H,2-3H2,1H3. The molecule has 8 nitrogen and oxygen atoms in total. The molecule has 3 unspecified atom stereocenters. The second-order valence-electron chi connectivity index (χ2n) is 10.1. The normalized spacial score (nSPS) is 22.8. The zero-order valence-corrected chi connectivity index (χ0v) is 24.3. The van der Waals surface area contributed by atoms with Crippen LogP contribution in [0.3, 0.4) is 0 Å². The second kappa shape index (κ2) is 14.0. The predicted octanol–water partition coefficient (Wildman–Crippen LogP) is 4.62. The fraction of sp³-hybridized carbons (Fsp3) is 0.419. The van der Waals surface area contributed by atoms with Gasteiger partial charge < -0.3 is 25.1 Å². The van der Waals surface area contributed by atoms with E-state index in [0.29, 0.717) is 5.39 Å². The van der Waals surface area contributed by atoms with E-state index >= 15 is 0 Å². The molecule has 9 heteroatoms. The fourth-order valence-electron chi connectivity index (χ4n) is 4.66. The molecule has 1 amide bonds. The molecule has 3 aromatic rings. The van der Waals surface area contributed by atoms with E-state index < -0.39 is 5.72 Å². The molecule has 40 heavy (non-hydrogen) atoms. The number of methoxy groups -OCH3 is 2. The van der Waals surface area contributed by atoms with Gasteiger partial charge in [-0.2, -0.15) is 0 Å². The highest BCUT2D eigenvalue weighted by Gasteiger charge is 2.55. The second-order valence-corrected chi connectivity index (χ2v) is 11.4. The number of fused-ring (bicyclic) bond motifs is 1. The van der Waals surface area contributed by atoms with Crippen molar-refractivity contribution >= 4 is 28.8 Å². The van der Waals surface area contributed by atoms with E-state index in [0.717, 1.165) is 53.6 Å². The maximum Gasteiger partial charge on any atom is 0.239 e. The third-order valence-corrected chi connectivity index (χ3v) is 8.29. The number of pyridine rings is 1. The smallest absolute Gasteiger partial charge is 0.239 e. The topological polar surface area (TPSA) is 104 Å². The van der Waals surface area contributed by atoms with Crippen LogP contribution in [0, 0.1) is 5.92 Å². The fourth-order valence-corrected chi connectivity index (χ4v) is 5.36. The van der Waals surface area contributed by atoms with E-state index in [9.17, 15) is 9.59 Å². The molecule has 1 aromatic heterocycles. The van der Waals surface area contributed by atoms with Gasteiger partial charge in [0.15, 0.2) is 5.43 Å². The Kier molecular flexibility index (Phi) is 10.4. The van der Waals surface area contributed by atoms with Crippen LogP contribution in [0.1, 0.15) is 32.1 Å². The van der Waals surface area contributed by atoms with Crippen LogP contribution in [0.25, 0.3) is 22.2 Å². The van der Waals surface area contributed by atoms with Gasteiger partial charge in [0, 0.05) is 47.9 Å². The van der Waals surface area contributed by atoms with E-state index in [2.05, 4.69) is 26.9 Å².